The first kappa shape index (κ1) is 19.2. The summed E-state index contributed by atoms with van der Waals surface area (Å²) in [5.74, 6) is 2.45. The zero-order valence-electron chi connectivity index (χ0n) is 10.2. The second kappa shape index (κ2) is 9.12. The molecule has 2 nitrogen and oxygen atoms in total. The molecule has 0 radical (unpaired) electrons. The van der Waals surface area contributed by atoms with Crippen molar-refractivity contribution < 1.29 is 18.9 Å². The molecule has 0 fully saturated rings. The van der Waals surface area contributed by atoms with Crippen LogP contribution in [0.3, 0.4) is 0 Å². The van der Waals surface area contributed by atoms with Gasteiger partial charge in [-0.2, -0.15) is 5.92 Å². The largest absolute Gasteiger partial charge is 1.00 e. The first-order valence-electron chi connectivity index (χ1n) is 3.82. The third-order valence-electron chi connectivity index (χ3n) is 1.46. The second-order valence-corrected chi connectivity index (χ2v) is 2.96. The fourth-order valence-electron chi connectivity index (χ4n) is 0.774. The molecule has 0 N–H and O–H groups in total. The zero-order valence-corrected chi connectivity index (χ0v) is 10.2. The maximum Gasteiger partial charge on any atom is 1.00 e. The summed E-state index contributed by atoms with van der Waals surface area (Å²) in [7, 11) is 0. The summed E-state index contributed by atoms with van der Waals surface area (Å²) in [6.45, 7) is 6.19. The molecule has 1 aliphatic heterocycles. The monoisotopic (exact) mass is 186 g/mol. The Morgan fingerprint density at radius 3 is 2.36 bits per heavy atom. The first-order valence-corrected chi connectivity index (χ1v) is 3.82. The van der Waals surface area contributed by atoms with Crippen molar-refractivity contribution in [1.82, 2.24) is 0 Å². The van der Waals surface area contributed by atoms with Gasteiger partial charge < -0.3 is 19.8 Å². The number of aliphatic imine (C=N–C) groups is 2. The van der Waals surface area contributed by atoms with E-state index in [0.29, 0.717) is 5.92 Å². The van der Waals surface area contributed by atoms with Crippen LogP contribution in [0.15, 0.2) is 22.3 Å². The summed E-state index contributed by atoms with van der Waals surface area (Å²) in [4.78, 5) is 8.42. The van der Waals surface area contributed by atoms with Crippen molar-refractivity contribution in [3.8, 4) is 0 Å². The molecule has 0 saturated heterocycles. The predicted octanol–water partition coefficient (Wildman–Crippen LogP) is 0.138. The minimum Gasteiger partial charge on any atom is -0.358 e. The van der Waals surface area contributed by atoms with Crippen LogP contribution in [0.4, 0.5) is 0 Å². The quantitative estimate of drug-likeness (QED) is 0.411. The molecule has 0 saturated carbocycles. The van der Waals surface area contributed by atoms with Gasteiger partial charge in [-0.1, -0.05) is 13.8 Å². The molecule has 0 aromatic heterocycles. The molecule has 76 valence electrons. The van der Waals surface area contributed by atoms with E-state index in [0.717, 1.165) is 11.8 Å². The summed E-state index contributed by atoms with van der Waals surface area (Å²) in [6, 6.07) is 0. The molecule has 0 atom stereocenters. The summed E-state index contributed by atoms with van der Waals surface area (Å²) in [5, 5.41) is 0. The second-order valence-electron chi connectivity index (χ2n) is 2.96. The third kappa shape index (κ3) is 6.07. The average Bonchev–Trinajstić information content (AvgIpc) is 2.13. The van der Waals surface area contributed by atoms with E-state index in [1.165, 1.54) is 0 Å². The summed E-state index contributed by atoms with van der Waals surface area (Å²) >= 11 is 0. The number of allylic oxidation sites excluding steroid dienone is 1. The van der Waals surface area contributed by atoms with Crippen LogP contribution >= 0.6 is 0 Å². The Morgan fingerprint density at radius 1 is 1.29 bits per heavy atom. The number of amidine groups is 1. The maximum absolute atomic E-state index is 4.23. The van der Waals surface area contributed by atoms with Gasteiger partial charge in [0, 0.05) is 5.92 Å². The molecule has 3 heteroatoms. The SMILES string of the molecule is C[C-]1C=CN=C(C(C)C)N=C1.[CH3-].[CH3-].[Li+]. The van der Waals surface area contributed by atoms with Crippen LogP contribution in [-0.4, -0.2) is 12.1 Å². The van der Waals surface area contributed by atoms with E-state index in [1.54, 1.807) is 6.20 Å². The van der Waals surface area contributed by atoms with E-state index in [4.69, 9.17) is 0 Å². The van der Waals surface area contributed by atoms with E-state index >= 15 is 0 Å². The molecule has 0 aromatic rings. The molecule has 1 heterocycles. The van der Waals surface area contributed by atoms with Gasteiger partial charge in [-0.25, -0.2) is 6.08 Å². The van der Waals surface area contributed by atoms with Crippen LogP contribution in [0.5, 0.6) is 0 Å². The minimum absolute atomic E-state index is 0. The molecule has 0 amide bonds. The van der Waals surface area contributed by atoms with Crippen molar-refractivity contribution in [1.29, 1.82) is 0 Å². The molecule has 0 aromatic carbocycles. The van der Waals surface area contributed by atoms with Gasteiger partial charge in [-0.05, 0) is 6.21 Å². The number of nitrogens with zero attached hydrogens (tertiary/aromatic N) is 2. The van der Waals surface area contributed by atoms with E-state index in [1.807, 2.05) is 19.2 Å². The number of hydrogen-bond acceptors (Lipinski definition) is 2. The summed E-state index contributed by atoms with van der Waals surface area (Å²) in [6.07, 6.45) is 5.61. The molecular weight excluding hydrogens is 167 g/mol. The van der Waals surface area contributed by atoms with Crippen LogP contribution in [0, 0.1) is 26.7 Å². The van der Waals surface area contributed by atoms with Gasteiger partial charge in [-0.3, -0.25) is 4.99 Å². The van der Waals surface area contributed by atoms with Crippen LogP contribution < -0.4 is 18.9 Å². The fraction of sp³-hybridized carbons (Fsp3) is 0.364. The maximum atomic E-state index is 4.23. The number of hydrogen-bond donors (Lipinski definition) is 0. The standard InChI is InChI=1S/C9H13N2.2CH3.Li/c1-7(2)9-10-5-4-8(3)6-11-9;;;/h4-7H,1-3H3;2*1H3;/q3*-1;+1. The van der Waals surface area contributed by atoms with Crippen LogP contribution in [0.1, 0.15) is 20.8 Å². The Hall–Kier alpha value is -0.453. The van der Waals surface area contributed by atoms with E-state index in [2.05, 4.69) is 23.8 Å². The predicted molar refractivity (Wildman–Crippen MR) is 61.7 cm³/mol. The first-order chi connectivity index (χ1) is 5.20. The molecule has 1 aliphatic rings. The normalized spacial score (nSPS) is 13.4. The van der Waals surface area contributed by atoms with Crippen LogP contribution in [-0.2, 0) is 0 Å². The molecule has 0 aliphatic carbocycles. The zero-order chi connectivity index (χ0) is 8.27. The molecule has 0 unspecified atom stereocenters. The third-order valence-corrected chi connectivity index (χ3v) is 1.46. The Balaban J connectivity index is -0.000000403. The Bertz CT molecular complexity index is 217. The van der Waals surface area contributed by atoms with Crippen molar-refractivity contribution in [2.75, 3.05) is 0 Å². The Labute approximate surface area is 101 Å². The smallest absolute Gasteiger partial charge is 0.358 e. The fourth-order valence-corrected chi connectivity index (χ4v) is 0.774. The molecule has 14 heavy (non-hydrogen) atoms. The molecule has 0 spiro atoms. The van der Waals surface area contributed by atoms with Crippen LogP contribution in [0.2, 0.25) is 0 Å². The molecule has 1 rings (SSSR count). The van der Waals surface area contributed by atoms with Gasteiger partial charge in [-0.15, -0.1) is 13.1 Å². The Morgan fingerprint density at radius 2 is 1.86 bits per heavy atom. The van der Waals surface area contributed by atoms with Crippen molar-refractivity contribution in [2.24, 2.45) is 15.9 Å². The van der Waals surface area contributed by atoms with Gasteiger partial charge >= 0.3 is 18.9 Å². The summed E-state index contributed by atoms with van der Waals surface area (Å²) in [5.41, 5.74) is 0. The van der Waals surface area contributed by atoms with Gasteiger partial charge in [0.2, 0.25) is 0 Å². The van der Waals surface area contributed by atoms with Crippen LogP contribution in [0.25, 0.3) is 0 Å². The molecule has 0 bridgehead atoms. The minimum atomic E-state index is 0. The summed E-state index contributed by atoms with van der Waals surface area (Å²) < 4.78 is 0. The Kier molecular flexibility index (Phi) is 12.5. The van der Waals surface area contributed by atoms with Crippen molar-refractivity contribution in [3.05, 3.63) is 33.0 Å². The average molecular weight is 186 g/mol. The van der Waals surface area contributed by atoms with Gasteiger partial charge in [0.05, 0.1) is 0 Å². The van der Waals surface area contributed by atoms with Gasteiger partial charge in [0.15, 0.2) is 0 Å². The topological polar surface area (TPSA) is 24.7 Å². The molecular formula is C11H19LiN2-2. The van der Waals surface area contributed by atoms with E-state index in [-0.39, 0.29) is 33.7 Å². The van der Waals surface area contributed by atoms with Gasteiger partial charge in [0.25, 0.3) is 0 Å². The van der Waals surface area contributed by atoms with Crippen molar-refractivity contribution in [2.45, 2.75) is 20.8 Å². The van der Waals surface area contributed by atoms with Crippen molar-refractivity contribution >= 4 is 12.1 Å². The van der Waals surface area contributed by atoms with Gasteiger partial charge in [0.1, 0.15) is 5.84 Å². The number of rotatable bonds is 1. The van der Waals surface area contributed by atoms with E-state index in [9.17, 15) is 0 Å². The van der Waals surface area contributed by atoms with Crippen molar-refractivity contribution in [3.63, 3.8) is 0 Å². The van der Waals surface area contributed by atoms with E-state index < -0.39 is 0 Å².